The van der Waals surface area contributed by atoms with Gasteiger partial charge in [-0.1, -0.05) is 30.3 Å². The molecule has 0 saturated heterocycles. The second-order valence-corrected chi connectivity index (χ2v) is 4.47. The number of anilines is 1. The number of nitrogens with one attached hydrogen (secondary N) is 2. The first kappa shape index (κ1) is 11.7. The molecule has 17 heavy (non-hydrogen) atoms. The number of rotatable bonds is 3. The summed E-state index contributed by atoms with van der Waals surface area (Å²) in [6.07, 6.45) is 2.05. The van der Waals surface area contributed by atoms with E-state index in [4.69, 9.17) is 5.41 Å². The highest BCUT2D eigenvalue weighted by atomic mass is 32.2. The lowest BCUT2D eigenvalue weighted by atomic mass is 10.2. The Morgan fingerprint density at radius 1 is 1.00 bits per heavy atom. The van der Waals surface area contributed by atoms with Gasteiger partial charge in [-0.2, -0.15) is 0 Å². The fraction of sp³-hybridized carbons (Fsp3) is 0.0714. The molecule has 0 aliphatic carbocycles. The first-order valence-corrected chi connectivity index (χ1v) is 6.57. The number of amidine groups is 1. The number of thioether (sulfide) groups is 1. The van der Waals surface area contributed by atoms with Gasteiger partial charge in [-0.15, -0.1) is 11.8 Å². The van der Waals surface area contributed by atoms with Crippen LogP contribution in [0.5, 0.6) is 0 Å². The average molecular weight is 242 g/mol. The molecule has 0 spiro atoms. The van der Waals surface area contributed by atoms with Crippen molar-refractivity contribution in [3.8, 4) is 0 Å². The summed E-state index contributed by atoms with van der Waals surface area (Å²) in [4.78, 5) is 1.22. The Balaban J connectivity index is 2.08. The van der Waals surface area contributed by atoms with Crippen LogP contribution in [-0.2, 0) is 0 Å². The van der Waals surface area contributed by atoms with Gasteiger partial charge >= 0.3 is 0 Å². The number of benzene rings is 2. The molecule has 0 aliphatic heterocycles. The van der Waals surface area contributed by atoms with Crippen molar-refractivity contribution >= 4 is 23.3 Å². The van der Waals surface area contributed by atoms with Crippen LogP contribution < -0.4 is 5.32 Å². The van der Waals surface area contributed by atoms with E-state index in [2.05, 4.69) is 11.6 Å². The molecule has 0 radical (unpaired) electrons. The summed E-state index contributed by atoms with van der Waals surface area (Å²) >= 11 is 1.71. The van der Waals surface area contributed by atoms with E-state index in [-0.39, 0.29) is 0 Å². The van der Waals surface area contributed by atoms with E-state index < -0.39 is 0 Å². The summed E-state index contributed by atoms with van der Waals surface area (Å²) in [6, 6.07) is 17.7. The molecule has 2 rings (SSSR count). The van der Waals surface area contributed by atoms with Crippen molar-refractivity contribution in [1.82, 2.24) is 0 Å². The van der Waals surface area contributed by atoms with E-state index in [1.807, 2.05) is 54.6 Å². The van der Waals surface area contributed by atoms with Crippen LogP contribution in [-0.4, -0.2) is 12.1 Å². The predicted molar refractivity (Wildman–Crippen MR) is 75.1 cm³/mol. The van der Waals surface area contributed by atoms with Gasteiger partial charge in [0.1, 0.15) is 5.84 Å². The van der Waals surface area contributed by atoms with Crippen molar-refractivity contribution in [2.45, 2.75) is 4.90 Å². The van der Waals surface area contributed by atoms with Crippen LogP contribution in [0.15, 0.2) is 59.5 Å². The summed E-state index contributed by atoms with van der Waals surface area (Å²) in [6.45, 7) is 0. The molecule has 0 aliphatic rings. The van der Waals surface area contributed by atoms with Crippen molar-refractivity contribution in [2.24, 2.45) is 0 Å². The fourth-order valence-corrected chi connectivity index (χ4v) is 1.90. The van der Waals surface area contributed by atoms with Crippen LogP contribution in [0.25, 0.3) is 0 Å². The third-order valence-electron chi connectivity index (χ3n) is 2.42. The van der Waals surface area contributed by atoms with Crippen LogP contribution in [0.4, 0.5) is 5.69 Å². The van der Waals surface area contributed by atoms with Gasteiger partial charge in [0.25, 0.3) is 0 Å². The Hall–Kier alpha value is -1.74. The minimum Gasteiger partial charge on any atom is -0.340 e. The molecular formula is C14H14N2S. The summed E-state index contributed by atoms with van der Waals surface area (Å²) in [5, 5.41) is 11.0. The van der Waals surface area contributed by atoms with E-state index in [0.717, 1.165) is 11.3 Å². The molecule has 86 valence electrons. The van der Waals surface area contributed by atoms with E-state index in [0.29, 0.717) is 5.84 Å². The predicted octanol–water partition coefficient (Wildman–Crippen LogP) is 3.85. The van der Waals surface area contributed by atoms with Gasteiger partial charge in [-0.05, 0) is 30.5 Å². The van der Waals surface area contributed by atoms with Crippen LogP contribution in [0.2, 0.25) is 0 Å². The van der Waals surface area contributed by atoms with Crippen molar-refractivity contribution in [3.05, 3.63) is 60.2 Å². The quantitative estimate of drug-likeness (QED) is 0.487. The molecule has 3 heteroatoms. The lowest BCUT2D eigenvalue weighted by molar-refractivity contribution is 1.42. The minimum absolute atomic E-state index is 0.419. The molecule has 0 atom stereocenters. The Kier molecular flexibility index (Phi) is 3.83. The third kappa shape index (κ3) is 3.11. The largest absolute Gasteiger partial charge is 0.340 e. The third-order valence-corrected chi connectivity index (χ3v) is 3.17. The second-order valence-electron chi connectivity index (χ2n) is 3.59. The van der Waals surface area contributed by atoms with Crippen LogP contribution in [0.1, 0.15) is 5.56 Å². The van der Waals surface area contributed by atoms with Gasteiger partial charge < -0.3 is 5.32 Å². The molecule has 2 aromatic rings. The lowest BCUT2D eigenvalue weighted by Gasteiger charge is -2.08. The zero-order chi connectivity index (χ0) is 12.1. The van der Waals surface area contributed by atoms with Gasteiger partial charge in [0.2, 0.25) is 0 Å². The first-order chi connectivity index (χ1) is 8.29. The van der Waals surface area contributed by atoms with Crippen molar-refractivity contribution < 1.29 is 0 Å². The fourth-order valence-electron chi connectivity index (χ4n) is 1.50. The highest BCUT2D eigenvalue weighted by Gasteiger charge is 2.00. The lowest BCUT2D eigenvalue weighted by Crippen LogP contribution is -2.11. The standard InChI is InChI=1S/C14H14N2S/c1-17-13-9-7-12(8-10-13)16-14(15)11-5-3-2-4-6-11/h2-10H,1H3,(H2,15,16). The minimum atomic E-state index is 0.419. The highest BCUT2D eigenvalue weighted by Crippen LogP contribution is 2.17. The van der Waals surface area contributed by atoms with Crippen LogP contribution in [0, 0.1) is 5.41 Å². The normalized spacial score (nSPS) is 9.94. The molecule has 0 heterocycles. The SMILES string of the molecule is CSc1ccc(NC(=N)c2ccccc2)cc1. The van der Waals surface area contributed by atoms with Crippen molar-refractivity contribution in [2.75, 3.05) is 11.6 Å². The maximum atomic E-state index is 7.95. The van der Waals surface area contributed by atoms with E-state index in [1.54, 1.807) is 11.8 Å². The molecule has 2 nitrogen and oxygen atoms in total. The Bertz CT molecular complexity index is 491. The van der Waals surface area contributed by atoms with Gasteiger partial charge in [0.05, 0.1) is 0 Å². The van der Waals surface area contributed by atoms with Crippen molar-refractivity contribution in [3.63, 3.8) is 0 Å². The van der Waals surface area contributed by atoms with Gasteiger partial charge in [-0.3, -0.25) is 5.41 Å². The summed E-state index contributed by atoms with van der Waals surface area (Å²) in [7, 11) is 0. The molecule has 0 bridgehead atoms. The number of hydrogen-bond acceptors (Lipinski definition) is 2. The monoisotopic (exact) mass is 242 g/mol. The Morgan fingerprint density at radius 3 is 2.24 bits per heavy atom. The molecule has 2 N–H and O–H groups in total. The zero-order valence-corrected chi connectivity index (χ0v) is 10.4. The summed E-state index contributed by atoms with van der Waals surface area (Å²) in [5.74, 6) is 0.419. The number of hydrogen-bond donors (Lipinski definition) is 2. The van der Waals surface area contributed by atoms with E-state index in [1.165, 1.54) is 4.90 Å². The van der Waals surface area contributed by atoms with E-state index >= 15 is 0 Å². The van der Waals surface area contributed by atoms with Gasteiger partial charge in [0.15, 0.2) is 0 Å². The Labute approximate surface area is 106 Å². The molecule has 0 unspecified atom stereocenters. The van der Waals surface area contributed by atoms with Crippen molar-refractivity contribution in [1.29, 1.82) is 5.41 Å². The Morgan fingerprint density at radius 2 is 1.65 bits per heavy atom. The second kappa shape index (κ2) is 5.55. The molecule has 0 fully saturated rings. The van der Waals surface area contributed by atoms with Crippen LogP contribution >= 0.6 is 11.8 Å². The maximum absolute atomic E-state index is 7.95. The summed E-state index contributed by atoms with van der Waals surface area (Å²) < 4.78 is 0. The smallest absolute Gasteiger partial charge is 0.129 e. The maximum Gasteiger partial charge on any atom is 0.129 e. The average Bonchev–Trinajstić information content (AvgIpc) is 2.40. The molecule has 0 aromatic heterocycles. The molecule has 0 saturated carbocycles. The van der Waals surface area contributed by atoms with Gasteiger partial charge in [0, 0.05) is 16.1 Å². The van der Waals surface area contributed by atoms with Gasteiger partial charge in [-0.25, -0.2) is 0 Å². The molecule has 0 amide bonds. The topological polar surface area (TPSA) is 35.9 Å². The molecular weight excluding hydrogens is 228 g/mol. The highest BCUT2D eigenvalue weighted by molar-refractivity contribution is 7.98. The summed E-state index contributed by atoms with van der Waals surface area (Å²) in [5.41, 5.74) is 1.83. The van der Waals surface area contributed by atoms with E-state index in [9.17, 15) is 0 Å². The van der Waals surface area contributed by atoms with Crippen LogP contribution in [0.3, 0.4) is 0 Å². The zero-order valence-electron chi connectivity index (χ0n) is 9.60. The molecule has 2 aromatic carbocycles. The first-order valence-electron chi connectivity index (χ1n) is 5.34.